The smallest absolute Gasteiger partial charge is 0.0710 e. The van der Waals surface area contributed by atoms with E-state index in [9.17, 15) is 0 Å². The zero-order chi connectivity index (χ0) is 14.4. The second kappa shape index (κ2) is 7.77. The highest BCUT2D eigenvalue weighted by Gasteiger charge is 2.22. The summed E-state index contributed by atoms with van der Waals surface area (Å²) in [6.45, 7) is 8.73. The van der Waals surface area contributed by atoms with Gasteiger partial charge < -0.3 is 15.0 Å². The molecule has 0 bridgehead atoms. The second-order valence-corrected chi connectivity index (χ2v) is 5.76. The van der Waals surface area contributed by atoms with Crippen LogP contribution in [0.15, 0.2) is 24.3 Å². The molecule has 1 aromatic carbocycles. The van der Waals surface area contributed by atoms with E-state index in [0.717, 1.165) is 26.1 Å². The molecule has 1 aromatic rings. The summed E-state index contributed by atoms with van der Waals surface area (Å²) in [5.74, 6) is 0. The molecule has 0 spiro atoms. The molecule has 2 unspecified atom stereocenters. The first-order chi connectivity index (χ1) is 9.72. The maximum Gasteiger partial charge on any atom is 0.0710 e. The molecule has 0 aromatic heterocycles. The van der Waals surface area contributed by atoms with Crippen LogP contribution < -0.4 is 5.32 Å². The highest BCUT2D eigenvalue weighted by molar-refractivity contribution is 5.24. The first-order valence-corrected chi connectivity index (χ1v) is 7.78. The number of ether oxygens (including phenoxy) is 1. The number of benzene rings is 1. The van der Waals surface area contributed by atoms with E-state index in [1.54, 1.807) is 0 Å². The lowest BCUT2D eigenvalue weighted by Gasteiger charge is -2.22. The average Bonchev–Trinajstić information content (AvgIpc) is 2.92. The van der Waals surface area contributed by atoms with Gasteiger partial charge in [-0.3, -0.25) is 0 Å². The van der Waals surface area contributed by atoms with Gasteiger partial charge in [-0.25, -0.2) is 0 Å². The van der Waals surface area contributed by atoms with Crippen LogP contribution in [0.2, 0.25) is 0 Å². The van der Waals surface area contributed by atoms with Crippen molar-refractivity contribution in [3.8, 4) is 0 Å². The number of nitrogens with one attached hydrogen (secondary N) is 1. The van der Waals surface area contributed by atoms with Crippen molar-refractivity contribution in [2.45, 2.75) is 38.8 Å². The van der Waals surface area contributed by atoms with Crippen molar-refractivity contribution in [2.24, 2.45) is 0 Å². The molecule has 0 aliphatic carbocycles. The largest absolute Gasteiger partial charge is 0.380 e. The summed E-state index contributed by atoms with van der Waals surface area (Å²) < 4.78 is 5.44. The van der Waals surface area contributed by atoms with Crippen molar-refractivity contribution in [1.29, 1.82) is 0 Å². The second-order valence-electron chi connectivity index (χ2n) is 5.76. The van der Waals surface area contributed by atoms with E-state index >= 15 is 0 Å². The molecule has 1 aliphatic rings. The third-order valence-corrected chi connectivity index (χ3v) is 4.23. The maximum atomic E-state index is 5.44. The lowest BCUT2D eigenvalue weighted by Crippen LogP contribution is -2.29. The Kier molecular flexibility index (Phi) is 6.02. The lowest BCUT2D eigenvalue weighted by atomic mass is 10.0. The van der Waals surface area contributed by atoms with Crippen molar-refractivity contribution >= 4 is 0 Å². The number of aryl methyl sites for hydroxylation is 1. The van der Waals surface area contributed by atoms with Gasteiger partial charge in [-0.1, -0.05) is 36.8 Å². The van der Waals surface area contributed by atoms with E-state index in [2.05, 4.69) is 48.3 Å². The number of likely N-dealkylation sites (tertiary alicyclic amines) is 1. The summed E-state index contributed by atoms with van der Waals surface area (Å²) in [6, 6.07) is 9.38. The monoisotopic (exact) mass is 276 g/mol. The first-order valence-electron chi connectivity index (χ1n) is 7.78. The molecule has 1 saturated heterocycles. The Bertz CT molecular complexity index is 390. The Labute approximate surface area is 123 Å². The van der Waals surface area contributed by atoms with Crippen LogP contribution in [0.1, 0.15) is 36.9 Å². The Morgan fingerprint density at radius 2 is 2.10 bits per heavy atom. The van der Waals surface area contributed by atoms with Crippen molar-refractivity contribution in [2.75, 3.05) is 33.3 Å². The number of hydrogen-bond acceptors (Lipinski definition) is 3. The highest BCUT2D eigenvalue weighted by Crippen LogP contribution is 2.20. The number of nitrogens with zero attached hydrogens (tertiary/aromatic N) is 1. The molecule has 3 nitrogen and oxygen atoms in total. The van der Waals surface area contributed by atoms with E-state index < -0.39 is 0 Å². The fourth-order valence-corrected chi connectivity index (χ4v) is 2.94. The summed E-state index contributed by atoms with van der Waals surface area (Å²) in [7, 11) is 1.82. The summed E-state index contributed by atoms with van der Waals surface area (Å²) in [6.07, 6.45) is 2.77. The lowest BCUT2D eigenvalue weighted by molar-refractivity contribution is 0.107. The Morgan fingerprint density at radius 1 is 1.35 bits per heavy atom. The minimum absolute atomic E-state index is 0.437. The SMILES string of the molecule is CCNC(CCN1CCC(OC)C1)c1ccc(C)cc1. The zero-order valence-corrected chi connectivity index (χ0v) is 13.1. The van der Waals surface area contributed by atoms with Gasteiger partial charge in [0.1, 0.15) is 0 Å². The predicted octanol–water partition coefficient (Wildman–Crippen LogP) is 2.76. The van der Waals surface area contributed by atoms with Gasteiger partial charge in [0.15, 0.2) is 0 Å². The van der Waals surface area contributed by atoms with Crippen LogP contribution in [0, 0.1) is 6.92 Å². The maximum absolute atomic E-state index is 5.44. The standard InChI is InChI=1S/C17H28N2O/c1-4-18-17(15-7-5-14(2)6-8-15)10-12-19-11-9-16(13-19)20-3/h5-8,16-18H,4,9-13H2,1-3H3. The van der Waals surface area contributed by atoms with Gasteiger partial charge in [0.05, 0.1) is 6.10 Å². The number of rotatable bonds is 7. The van der Waals surface area contributed by atoms with Crippen LogP contribution in [0.3, 0.4) is 0 Å². The van der Waals surface area contributed by atoms with Crippen molar-refractivity contribution in [3.05, 3.63) is 35.4 Å². The summed E-state index contributed by atoms with van der Waals surface area (Å²) >= 11 is 0. The van der Waals surface area contributed by atoms with Crippen LogP contribution in [0.4, 0.5) is 0 Å². The number of hydrogen-bond donors (Lipinski definition) is 1. The molecule has 1 heterocycles. The quantitative estimate of drug-likeness (QED) is 0.829. The third kappa shape index (κ3) is 4.30. The third-order valence-electron chi connectivity index (χ3n) is 4.23. The Hall–Kier alpha value is -0.900. The van der Waals surface area contributed by atoms with Crippen molar-refractivity contribution in [3.63, 3.8) is 0 Å². The first kappa shape index (κ1) is 15.5. The van der Waals surface area contributed by atoms with Gasteiger partial charge in [0, 0.05) is 32.8 Å². The van der Waals surface area contributed by atoms with E-state index in [-0.39, 0.29) is 0 Å². The van der Waals surface area contributed by atoms with E-state index in [4.69, 9.17) is 4.74 Å². The molecule has 1 aliphatic heterocycles. The molecule has 0 amide bonds. The van der Waals surface area contributed by atoms with E-state index in [1.807, 2.05) is 7.11 Å². The molecule has 2 atom stereocenters. The molecule has 112 valence electrons. The van der Waals surface area contributed by atoms with Gasteiger partial charge in [-0.05, 0) is 31.9 Å². The molecule has 1 N–H and O–H groups in total. The van der Waals surface area contributed by atoms with Crippen molar-refractivity contribution in [1.82, 2.24) is 10.2 Å². The molecular weight excluding hydrogens is 248 g/mol. The minimum Gasteiger partial charge on any atom is -0.380 e. The minimum atomic E-state index is 0.437. The molecule has 2 rings (SSSR count). The fraction of sp³-hybridized carbons (Fsp3) is 0.647. The summed E-state index contributed by atoms with van der Waals surface area (Å²) in [4.78, 5) is 2.52. The molecule has 1 fully saturated rings. The van der Waals surface area contributed by atoms with Crippen LogP contribution in [-0.2, 0) is 4.74 Å². The van der Waals surface area contributed by atoms with Crippen molar-refractivity contribution < 1.29 is 4.74 Å². The summed E-state index contributed by atoms with van der Waals surface area (Å²) in [5.41, 5.74) is 2.73. The Balaban J connectivity index is 1.88. The van der Waals surface area contributed by atoms with Crippen LogP contribution >= 0.6 is 0 Å². The van der Waals surface area contributed by atoms with Crippen LogP contribution in [0.25, 0.3) is 0 Å². The van der Waals surface area contributed by atoms with Crippen LogP contribution in [0.5, 0.6) is 0 Å². The topological polar surface area (TPSA) is 24.5 Å². The van der Waals surface area contributed by atoms with E-state index in [0.29, 0.717) is 12.1 Å². The molecular formula is C17H28N2O. The molecule has 20 heavy (non-hydrogen) atoms. The van der Waals surface area contributed by atoms with Gasteiger partial charge in [0.2, 0.25) is 0 Å². The molecule has 3 heteroatoms. The predicted molar refractivity (Wildman–Crippen MR) is 84.1 cm³/mol. The van der Waals surface area contributed by atoms with Gasteiger partial charge in [0.25, 0.3) is 0 Å². The molecule has 0 radical (unpaired) electrons. The summed E-state index contributed by atoms with van der Waals surface area (Å²) in [5, 5.41) is 3.61. The van der Waals surface area contributed by atoms with Gasteiger partial charge in [-0.15, -0.1) is 0 Å². The normalized spacial score (nSPS) is 21.2. The Morgan fingerprint density at radius 3 is 2.70 bits per heavy atom. The average molecular weight is 276 g/mol. The van der Waals surface area contributed by atoms with Gasteiger partial charge >= 0.3 is 0 Å². The van der Waals surface area contributed by atoms with Gasteiger partial charge in [-0.2, -0.15) is 0 Å². The fourth-order valence-electron chi connectivity index (χ4n) is 2.94. The highest BCUT2D eigenvalue weighted by atomic mass is 16.5. The molecule has 0 saturated carbocycles. The number of methoxy groups -OCH3 is 1. The van der Waals surface area contributed by atoms with Crippen LogP contribution in [-0.4, -0.2) is 44.3 Å². The van der Waals surface area contributed by atoms with E-state index in [1.165, 1.54) is 24.1 Å². The zero-order valence-electron chi connectivity index (χ0n) is 13.1.